The van der Waals surface area contributed by atoms with Gasteiger partial charge >= 0.3 is 6.09 Å². The maximum absolute atomic E-state index is 12.1. The van der Waals surface area contributed by atoms with E-state index in [1.165, 1.54) is 18.4 Å². The van der Waals surface area contributed by atoms with Gasteiger partial charge in [-0.25, -0.2) is 4.79 Å². The van der Waals surface area contributed by atoms with Crippen molar-refractivity contribution >= 4 is 6.09 Å². The van der Waals surface area contributed by atoms with E-state index in [1.54, 1.807) is 0 Å². The van der Waals surface area contributed by atoms with Crippen molar-refractivity contribution in [1.82, 2.24) is 15.1 Å². The summed E-state index contributed by atoms with van der Waals surface area (Å²) in [5.74, 6) is 0. The topological polar surface area (TPSA) is 44.8 Å². The molecule has 3 rings (SSSR count). The third kappa shape index (κ3) is 6.51. The van der Waals surface area contributed by atoms with Crippen LogP contribution in [-0.2, 0) is 11.3 Å². The van der Waals surface area contributed by atoms with E-state index in [2.05, 4.69) is 45.4 Å². The number of rotatable bonds is 4. The Morgan fingerprint density at radius 1 is 1.11 bits per heavy atom. The van der Waals surface area contributed by atoms with Crippen LogP contribution >= 0.6 is 0 Å². The number of carbonyl (C=O) groups is 1. The van der Waals surface area contributed by atoms with Crippen molar-refractivity contribution in [2.24, 2.45) is 0 Å². The molecule has 2 atom stereocenters. The summed E-state index contributed by atoms with van der Waals surface area (Å²) >= 11 is 0. The van der Waals surface area contributed by atoms with E-state index < -0.39 is 5.60 Å². The van der Waals surface area contributed by atoms with E-state index in [9.17, 15) is 4.79 Å². The lowest BCUT2D eigenvalue weighted by Crippen LogP contribution is -2.53. The van der Waals surface area contributed by atoms with Crippen molar-refractivity contribution in [3.05, 3.63) is 35.9 Å². The molecule has 5 heteroatoms. The second kappa shape index (κ2) is 9.07. The summed E-state index contributed by atoms with van der Waals surface area (Å²) in [5.41, 5.74) is 0.956. The van der Waals surface area contributed by atoms with Gasteiger partial charge in [0.25, 0.3) is 0 Å². The highest BCUT2D eigenvalue weighted by Gasteiger charge is 2.30. The molecule has 0 unspecified atom stereocenters. The molecular formula is C22H35N3O2. The zero-order chi connectivity index (χ0) is 19.3. The summed E-state index contributed by atoms with van der Waals surface area (Å²) in [6, 6.07) is 11.5. The highest BCUT2D eigenvalue weighted by atomic mass is 16.6. The number of hydrogen-bond acceptors (Lipinski definition) is 4. The molecule has 0 aromatic heterocycles. The Labute approximate surface area is 164 Å². The lowest BCUT2D eigenvalue weighted by atomic mass is 9.89. The second-order valence-corrected chi connectivity index (χ2v) is 8.96. The van der Waals surface area contributed by atoms with Gasteiger partial charge in [-0.3, -0.25) is 9.80 Å². The molecule has 1 saturated heterocycles. The monoisotopic (exact) mass is 373 g/mol. The highest BCUT2D eigenvalue weighted by Crippen LogP contribution is 2.25. The van der Waals surface area contributed by atoms with Crippen LogP contribution < -0.4 is 5.32 Å². The predicted molar refractivity (Wildman–Crippen MR) is 109 cm³/mol. The quantitative estimate of drug-likeness (QED) is 0.875. The Hall–Kier alpha value is -1.59. The molecule has 1 aromatic carbocycles. The number of nitrogens with one attached hydrogen (secondary N) is 1. The fourth-order valence-corrected chi connectivity index (χ4v) is 4.23. The van der Waals surface area contributed by atoms with Gasteiger partial charge in [-0.2, -0.15) is 0 Å². The van der Waals surface area contributed by atoms with Crippen molar-refractivity contribution < 1.29 is 9.53 Å². The van der Waals surface area contributed by atoms with Crippen molar-refractivity contribution in [3.63, 3.8) is 0 Å². The van der Waals surface area contributed by atoms with Crippen LogP contribution in [0.25, 0.3) is 0 Å². The van der Waals surface area contributed by atoms with Crippen LogP contribution in [0.3, 0.4) is 0 Å². The highest BCUT2D eigenvalue weighted by molar-refractivity contribution is 5.68. The standard InChI is InChI=1S/C22H35N3O2/c1-22(2,3)27-21(26)23-19-10-7-11-20(16-19)25-14-12-24(13-15-25)17-18-8-5-4-6-9-18/h4-6,8-9,19-20H,7,10-17H2,1-3H3,(H,23,26)/t19-,20+/m1/s1. The number of piperazine rings is 1. The van der Waals surface area contributed by atoms with Gasteiger partial charge in [0.15, 0.2) is 0 Å². The van der Waals surface area contributed by atoms with E-state index in [4.69, 9.17) is 4.74 Å². The maximum atomic E-state index is 12.1. The van der Waals surface area contributed by atoms with Crippen LogP contribution in [0.15, 0.2) is 30.3 Å². The number of benzene rings is 1. The summed E-state index contributed by atoms with van der Waals surface area (Å²) in [7, 11) is 0. The largest absolute Gasteiger partial charge is 0.444 e. The van der Waals surface area contributed by atoms with Crippen molar-refractivity contribution in [2.75, 3.05) is 26.2 Å². The first-order valence-corrected chi connectivity index (χ1v) is 10.4. The molecule has 0 radical (unpaired) electrons. The molecule has 1 aromatic rings. The fraction of sp³-hybridized carbons (Fsp3) is 0.682. The van der Waals surface area contributed by atoms with Gasteiger partial charge in [-0.1, -0.05) is 30.3 Å². The van der Waals surface area contributed by atoms with E-state index in [-0.39, 0.29) is 12.1 Å². The number of amides is 1. The number of nitrogens with zero attached hydrogens (tertiary/aromatic N) is 2. The molecule has 5 nitrogen and oxygen atoms in total. The second-order valence-electron chi connectivity index (χ2n) is 8.96. The normalized spacial score (nSPS) is 25.1. The minimum Gasteiger partial charge on any atom is -0.444 e. The molecule has 2 aliphatic rings. The average molecular weight is 374 g/mol. The van der Waals surface area contributed by atoms with Crippen molar-refractivity contribution in [2.45, 2.75) is 70.7 Å². The molecule has 0 bridgehead atoms. The number of ether oxygens (including phenoxy) is 1. The number of alkyl carbamates (subject to hydrolysis) is 1. The van der Waals surface area contributed by atoms with Gasteiger partial charge in [0.05, 0.1) is 0 Å². The zero-order valence-corrected chi connectivity index (χ0v) is 17.1. The van der Waals surface area contributed by atoms with Gasteiger partial charge in [-0.05, 0) is 52.0 Å². The van der Waals surface area contributed by atoms with Crippen LogP contribution in [0.4, 0.5) is 4.79 Å². The first-order valence-electron chi connectivity index (χ1n) is 10.4. The van der Waals surface area contributed by atoms with E-state index in [0.717, 1.165) is 45.6 Å². The fourth-order valence-electron chi connectivity index (χ4n) is 4.23. The third-order valence-corrected chi connectivity index (χ3v) is 5.54. The molecule has 150 valence electrons. The summed E-state index contributed by atoms with van der Waals surface area (Å²) in [5, 5.41) is 3.09. The summed E-state index contributed by atoms with van der Waals surface area (Å²) < 4.78 is 5.42. The van der Waals surface area contributed by atoms with Gasteiger partial charge in [0.2, 0.25) is 0 Å². The Morgan fingerprint density at radius 2 is 1.81 bits per heavy atom. The van der Waals surface area contributed by atoms with Gasteiger partial charge in [0.1, 0.15) is 5.60 Å². The lowest BCUT2D eigenvalue weighted by molar-refractivity contribution is 0.0428. The predicted octanol–water partition coefficient (Wildman–Crippen LogP) is 3.64. The molecule has 27 heavy (non-hydrogen) atoms. The number of hydrogen-bond donors (Lipinski definition) is 1. The summed E-state index contributed by atoms with van der Waals surface area (Å²) in [6.45, 7) is 11.3. The SMILES string of the molecule is CC(C)(C)OC(=O)N[C@@H]1CCC[C@H](N2CCN(Cc3ccccc3)CC2)C1. The molecule has 1 amide bonds. The van der Waals surface area contributed by atoms with Crippen LogP contribution in [-0.4, -0.2) is 59.8 Å². The van der Waals surface area contributed by atoms with Crippen LogP contribution in [0.5, 0.6) is 0 Å². The first kappa shape index (κ1) is 20.2. The van der Waals surface area contributed by atoms with Crippen LogP contribution in [0.1, 0.15) is 52.0 Å². The van der Waals surface area contributed by atoms with E-state index >= 15 is 0 Å². The molecule has 1 heterocycles. The minimum absolute atomic E-state index is 0.237. The molecular weight excluding hydrogens is 338 g/mol. The van der Waals surface area contributed by atoms with E-state index in [1.807, 2.05) is 20.8 Å². The Bertz CT molecular complexity index is 591. The van der Waals surface area contributed by atoms with E-state index in [0.29, 0.717) is 6.04 Å². The smallest absolute Gasteiger partial charge is 0.407 e. The Morgan fingerprint density at radius 3 is 2.48 bits per heavy atom. The molecule has 0 spiro atoms. The Kier molecular flexibility index (Phi) is 6.77. The van der Waals surface area contributed by atoms with Crippen molar-refractivity contribution in [1.29, 1.82) is 0 Å². The number of carbonyl (C=O) groups excluding carboxylic acids is 1. The van der Waals surface area contributed by atoms with Crippen LogP contribution in [0.2, 0.25) is 0 Å². The summed E-state index contributed by atoms with van der Waals surface area (Å²) in [4.78, 5) is 17.2. The minimum atomic E-state index is -0.437. The maximum Gasteiger partial charge on any atom is 0.407 e. The molecule has 1 N–H and O–H groups in total. The van der Waals surface area contributed by atoms with Crippen molar-refractivity contribution in [3.8, 4) is 0 Å². The Balaban J connectivity index is 1.43. The average Bonchev–Trinajstić information content (AvgIpc) is 2.62. The molecule has 1 saturated carbocycles. The first-order chi connectivity index (χ1) is 12.9. The van der Waals surface area contributed by atoms with Gasteiger partial charge < -0.3 is 10.1 Å². The van der Waals surface area contributed by atoms with Gasteiger partial charge in [0, 0.05) is 44.8 Å². The molecule has 2 fully saturated rings. The zero-order valence-electron chi connectivity index (χ0n) is 17.1. The lowest BCUT2D eigenvalue weighted by Gasteiger charge is -2.42. The summed E-state index contributed by atoms with van der Waals surface area (Å²) in [6.07, 6.45) is 4.24. The third-order valence-electron chi connectivity index (χ3n) is 5.54. The van der Waals surface area contributed by atoms with Gasteiger partial charge in [-0.15, -0.1) is 0 Å². The molecule has 1 aliphatic heterocycles. The molecule has 1 aliphatic carbocycles. The van der Waals surface area contributed by atoms with Crippen LogP contribution in [0, 0.1) is 0 Å².